The van der Waals surface area contributed by atoms with Gasteiger partial charge in [-0.2, -0.15) is 0 Å². The minimum absolute atomic E-state index is 0.565. The number of hydrogen-bond acceptors (Lipinski definition) is 6. The lowest BCUT2D eigenvalue weighted by atomic mass is 10.00. The SMILES string of the molecule is c1ccc(-c2ccc(-c3nc(-c4ccccc4)nc(-c4cccc5ccc6c(oc7ccc8nc(-c9ccccc9)oc8c76)c45)n3)cc2)cc1. The van der Waals surface area contributed by atoms with Crippen molar-refractivity contribution in [3.05, 3.63) is 158 Å². The van der Waals surface area contributed by atoms with Gasteiger partial charge in [-0.3, -0.25) is 0 Å². The Labute approximate surface area is 286 Å². The van der Waals surface area contributed by atoms with Gasteiger partial charge < -0.3 is 8.83 Å². The van der Waals surface area contributed by atoms with E-state index in [1.165, 1.54) is 0 Å². The summed E-state index contributed by atoms with van der Waals surface area (Å²) in [4.78, 5) is 20.0. The summed E-state index contributed by atoms with van der Waals surface area (Å²) in [5, 5.41) is 3.77. The standard InChI is InChI=1S/C44H26N4O2/c1-4-11-27(12-5-1)28-19-21-31(22-20-28)42-46-41(30-13-6-2-7-14-30)47-43(48-42)34-18-10-17-29-23-24-33-38-36(49-39(33)37(29)34)26-25-35-40(38)50-44(45-35)32-15-8-3-9-16-32/h1-26H. The molecule has 0 radical (unpaired) electrons. The van der Waals surface area contributed by atoms with Crippen molar-refractivity contribution < 1.29 is 8.83 Å². The first kappa shape index (κ1) is 28.1. The summed E-state index contributed by atoms with van der Waals surface area (Å²) < 4.78 is 13.1. The third-order valence-corrected chi connectivity index (χ3v) is 9.18. The van der Waals surface area contributed by atoms with Crippen LogP contribution in [0.2, 0.25) is 0 Å². The third-order valence-electron chi connectivity index (χ3n) is 9.18. The maximum absolute atomic E-state index is 6.68. The predicted octanol–water partition coefficient (Wildman–Crippen LogP) is 11.4. The molecule has 0 saturated heterocycles. The summed E-state index contributed by atoms with van der Waals surface area (Å²) >= 11 is 0. The van der Waals surface area contributed by atoms with Crippen molar-refractivity contribution in [1.29, 1.82) is 0 Å². The maximum Gasteiger partial charge on any atom is 0.227 e. The fraction of sp³-hybridized carbons (Fsp3) is 0. The lowest BCUT2D eigenvalue weighted by molar-refractivity contribution is 0.622. The number of aromatic nitrogens is 4. The van der Waals surface area contributed by atoms with Gasteiger partial charge in [0.2, 0.25) is 5.89 Å². The summed E-state index contributed by atoms with van der Waals surface area (Å²) in [5.74, 6) is 2.34. The van der Waals surface area contributed by atoms with E-state index >= 15 is 0 Å². The van der Waals surface area contributed by atoms with Crippen molar-refractivity contribution in [2.75, 3.05) is 0 Å². The van der Waals surface area contributed by atoms with E-state index in [1.807, 2.05) is 97.1 Å². The number of hydrogen-bond donors (Lipinski definition) is 0. The molecule has 0 bridgehead atoms. The van der Waals surface area contributed by atoms with Crippen molar-refractivity contribution >= 4 is 43.8 Å². The first-order valence-corrected chi connectivity index (χ1v) is 16.5. The summed E-state index contributed by atoms with van der Waals surface area (Å²) in [5.41, 5.74) is 8.83. The van der Waals surface area contributed by atoms with Gasteiger partial charge in [0.1, 0.15) is 16.7 Å². The van der Waals surface area contributed by atoms with Gasteiger partial charge in [0.15, 0.2) is 23.1 Å². The molecule has 0 aliphatic rings. The van der Waals surface area contributed by atoms with E-state index in [2.05, 4.69) is 60.7 Å². The molecule has 0 atom stereocenters. The largest absolute Gasteiger partial charge is 0.455 e. The Balaban J connectivity index is 1.18. The van der Waals surface area contributed by atoms with Crippen LogP contribution in [-0.4, -0.2) is 19.9 Å². The maximum atomic E-state index is 6.68. The fourth-order valence-electron chi connectivity index (χ4n) is 6.75. The highest BCUT2D eigenvalue weighted by Crippen LogP contribution is 2.42. The molecule has 7 aromatic carbocycles. The monoisotopic (exact) mass is 642 g/mol. The Morgan fingerprint density at radius 2 is 0.960 bits per heavy atom. The molecular weight excluding hydrogens is 617 g/mol. The number of furan rings is 1. The van der Waals surface area contributed by atoms with Gasteiger partial charge >= 0.3 is 0 Å². The molecule has 0 unspecified atom stereocenters. The first-order chi connectivity index (χ1) is 24.8. The minimum Gasteiger partial charge on any atom is -0.455 e. The van der Waals surface area contributed by atoms with Gasteiger partial charge in [0, 0.05) is 33.0 Å². The average Bonchev–Trinajstić information content (AvgIpc) is 3.81. The quantitative estimate of drug-likeness (QED) is 0.186. The van der Waals surface area contributed by atoms with Crippen molar-refractivity contribution in [2.24, 2.45) is 0 Å². The van der Waals surface area contributed by atoms with Crippen molar-refractivity contribution in [3.63, 3.8) is 0 Å². The minimum atomic E-state index is 0.565. The van der Waals surface area contributed by atoms with Crippen LogP contribution in [0.4, 0.5) is 0 Å². The molecule has 6 nitrogen and oxygen atoms in total. The molecule has 10 rings (SSSR count). The van der Waals surface area contributed by atoms with Crippen LogP contribution in [0.5, 0.6) is 0 Å². The zero-order valence-corrected chi connectivity index (χ0v) is 26.6. The van der Waals surface area contributed by atoms with Gasteiger partial charge in [-0.25, -0.2) is 19.9 Å². The number of benzene rings is 7. The topological polar surface area (TPSA) is 77.8 Å². The molecule has 0 spiro atoms. The normalized spacial score (nSPS) is 11.6. The van der Waals surface area contributed by atoms with Gasteiger partial charge in [-0.1, -0.05) is 127 Å². The molecule has 0 aliphatic carbocycles. The lowest BCUT2D eigenvalue weighted by Gasteiger charge is -2.11. The smallest absolute Gasteiger partial charge is 0.227 e. The van der Waals surface area contributed by atoms with Crippen LogP contribution in [-0.2, 0) is 0 Å². The zero-order chi connectivity index (χ0) is 33.0. The number of oxazole rings is 1. The third kappa shape index (κ3) is 4.65. The molecule has 0 saturated carbocycles. The highest BCUT2D eigenvalue weighted by Gasteiger charge is 2.21. The Bertz CT molecular complexity index is 2840. The van der Waals surface area contributed by atoms with Crippen LogP contribution < -0.4 is 0 Å². The summed E-state index contributed by atoms with van der Waals surface area (Å²) in [6.07, 6.45) is 0. The van der Waals surface area contributed by atoms with Crippen LogP contribution >= 0.6 is 0 Å². The summed E-state index contributed by atoms with van der Waals surface area (Å²) in [7, 11) is 0. The van der Waals surface area contributed by atoms with E-state index in [4.69, 9.17) is 28.8 Å². The molecule has 6 heteroatoms. The van der Waals surface area contributed by atoms with Gasteiger partial charge in [-0.05, 0) is 46.8 Å². The van der Waals surface area contributed by atoms with Crippen molar-refractivity contribution in [2.45, 2.75) is 0 Å². The molecule has 3 aromatic heterocycles. The molecular formula is C44H26N4O2. The second kappa shape index (κ2) is 11.4. The molecule has 234 valence electrons. The molecule has 0 N–H and O–H groups in total. The molecule has 50 heavy (non-hydrogen) atoms. The Morgan fingerprint density at radius 3 is 1.68 bits per heavy atom. The van der Waals surface area contributed by atoms with E-state index in [1.54, 1.807) is 0 Å². The number of fused-ring (bicyclic) bond motifs is 7. The molecule has 0 amide bonds. The van der Waals surface area contributed by atoms with E-state index < -0.39 is 0 Å². The van der Waals surface area contributed by atoms with Gasteiger partial charge in [0.05, 0.1) is 5.39 Å². The predicted molar refractivity (Wildman–Crippen MR) is 199 cm³/mol. The van der Waals surface area contributed by atoms with E-state index in [0.29, 0.717) is 28.9 Å². The highest BCUT2D eigenvalue weighted by atomic mass is 16.4. The Morgan fingerprint density at radius 1 is 0.360 bits per heavy atom. The van der Waals surface area contributed by atoms with Gasteiger partial charge in [0.25, 0.3) is 0 Å². The van der Waals surface area contributed by atoms with Crippen LogP contribution in [0.25, 0.3) is 101 Å². The number of nitrogens with zero attached hydrogens (tertiary/aromatic N) is 4. The molecule has 0 aliphatic heterocycles. The average molecular weight is 643 g/mol. The number of rotatable bonds is 5. The second-order valence-electron chi connectivity index (χ2n) is 12.2. The fourth-order valence-corrected chi connectivity index (χ4v) is 6.75. The first-order valence-electron chi connectivity index (χ1n) is 16.5. The van der Waals surface area contributed by atoms with E-state index in [0.717, 1.165) is 71.6 Å². The van der Waals surface area contributed by atoms with Crippen LogP contribution in [0.3, 0.4) is 0 Å². The van der Waals surface area contributed by atoms with E-state index in [9.17, 15) is 0 Å². The van der Waals surface area contributed by atoms with Crippen LogP contribution in [0.1, 0.15) is 0 Å². The Hall–Kier alpha value is -6.92. The highest BCUT2D eigenvalue weighted by molar-refractivity contribution is 6.23. The lowest BCUT2D eigenvalue weighted by Crippen LogP contribution is -2.00. The van der Waals surface area contributed by atoms with Crippen LogP contribution in [0.15, 0.2) is 167 Å². The van der Waals surface area contributed by atoms with Crippen LogP contribution in [0, 0.1) is 0 Å². The summed E-state index contributed by atoms with van der Waals surface area (Å²) in [6.45, 7) is 0. The second-order valence-corrected chi connectivity index (χ2v) is 12.2. The molecule has 0 fully saturated rings. The van der Waals surface area contributed by atoms with Crippen molar-refractivity contribution in [1.82, 2.24) is 19.9 Å². The zero-order valence-electron chi connectivity index (χ0n) is 26.6. The Kier molecular flexibility index (Phi) is 6.39. The molecule has 3 heterocycles. The molecule has 10 aromatic rings. The summed E-state index contributed by atoms with van der Waals surface area (Å²) in [6, 6.07) is 53.0. The van der Waals surface area contributed by atoms with Crippen molar-refractivity contribution in [3.8, 4) is 56.7 Å². The van der Waals surface area contributed by atoms with E-state index in [-0.39, 0.29) is 0 Å². The van der Waals surface area contributed by atoms with Gasteiger partial charge in [-0.15, -0.1) is 0 Å².